The number of hydrogen-bond acceptors (Lipinski definition) is 5. The number of benzene rings is 3. The van der Waals surface area contributed by atoms with Gasteiger partial charge < -0.3 is 19.1 Å². The summed E-state index contributed by atoms with van der Waals surface area (Å²) in [6.45, 7) is 2.03. The van der Waals surface area contributed by atoms with Gasteiger partial charge in [-0.05, 0) is 72.6 Å². The predicted octanol–water partition coefficient (Wildman–Crippen LogP) is 5.62. The zero-order valence-corrected chi connectivity index (χ0v) is 23.6. The standard InChI is InChI=1S/C29H24ClF3N2O6S/c1-2-3-14-40-22-9-11-24(12-10-22)42(38,39)34-26(28(36)37)15-20-18-35(27-13-6-21(30)16-25(20)27)17-19-4-7-23(8-5-19)41-29(31,32)33/h4-13,16,18,26,34H,14-15,17H2,1H3,(H,36,37)/t26-/m0/s1. The van der Waals surface area contributed by atoms with Gasteiger partial charge in [0.2, 0.25) is 10.0 Å². The van der Waals surface area contributed by atoms with Crippen molar-refractivity contribution >= 4 is 38.5 Å². The van der Waals surface area contributed by atoms with Gasteiger partial charge in [0.25, 0.3) is 0 Å². The summed E-state index contributed by atoms with van der Waals surface area (Å²) in [5, 5.41) is 10.9. The molecule has 0 aliphatic heterocycles. The molecule has 4 aromatic rings. The van der Waals surface area contributed by atoms with Gasteiger partial charge in [-0.1, -0.05) is 29.7 Å². The maximum absolute atomic E-state index is 13.0. The van der Waals surface area contributed by atoms with Crippen LogP contribution in [0.1, 0.15) is 18.1 Å². The van der Waals surface area contributed by atoms with Crippen molar-refractivity contribution in [3.05, 3.63) is 89.1 Å². The Balaban J connectivity index is 1.57. The number of alkyl halides is 3. The van der Waals surface area contributed by atoms with E-state index in [0.29, 0.717) is 32.8 Å². The number of carbonyl (C=O) groups is 1. The Morgan fingerprint density at radius 1 is 1.07 bits per heavy atom. The number of fused-ring (bicyclic) bond motifs is 1. The van der Waals surface area contributed by atoms with Gasteiger partial charge >= 0.3 is 12.3 Å². The molecule has 2 N–H and O–H groups in total. The van der Waals surface area contributed by atoms with Crippen molar-refractivity contribution in [2.45, 2.75) is 37.2 Å². The van der Waals surface area contributed by atoms with Crippen molar-refractivity contribution in [3.8, 4) is 23.3 Å². The van der Waals surface area contributed by atoms with Crippen molar-refractivity contribution < 1.29 is 41.0 Å². The molecule has 0 unspecified atom stereocenters. The fourth-order valence-corrected chi connectivity index (χ4v) is 5.55. The second-order valence-electron chi connectivity index (χ2n) is 9.04. The Morgan fingerprint density at radius 2 is 1.74 bits per heavy atom. The van der Waals surface area contributed by atoms with Crippen LogP contribution in [0.15, 0.2) is 77.8 Å². The lowest BCUT2D eigenvalue weighted by molar-refractivity contribution is -0.274. The molecule has 0 saturated heterocycles. The summed E-state index contributed by atoms with van der Waals surface area (Å²) in [5.74, 6) is 4.05. The van der Waals surface area contributed by atoms with E-state index >= 15 is 0 Å². The monoisotopic (exact) mass is 620 g/mol. The van der Waals surface area contributed by atoms with Crippen molar-refractivity contribution in [2.75, 3.05) is 6.61 Å². The fourth-order valence-electron chi connectivity index (χ4n) is 4.19. The average molecular weight is 621 g/mol. The lowest BCUT2D eigenvalue weighted by Crippen LogP contribution is -2.42. The Bertz CT molecular complexity index is 1740. The van der Waals surface area contributed by atoms with Gasteiger partial charge in [0.15, 0.2) is 0 Å². The Kier molecular flexibility index (Phi) is 9.36. The maximum Gasteiger partial charge on any atom is 0.573 e. The largest absolute Gasteiger partial charge is 0.573 e. The lowest BCUT2D eigenvalue weighted by Gasteiger charge is -2.15. The van der Waals surface area contributed by atoms with Gasteiger partial charge in [0, 0.05) is 35.1 Å². The quantitative estimate of drug-likeness (QED) is 0.211. The molecule has 0 fully saturated rings. The first-order chi connectivity index (χ1) is 19.8. The summed E-state index contributed by atoms with van der Waals surface area (Å²) >= 11 is 6.21. The second-order valence-corrected chi connectivity index (χ2v) is 11.2. The first-order valence-corrected chi connectivity index (χ1v) is 14.2. The van der Waals surface area contributed by atoms with Gasteiger partial charge in [-0.15, -0.1) is 19.1 Å². The Morgan fingerprint density at radius 3 is 2.36 bits per heavy atom. The molecule has 0 amide bonds. The normalized spacial score (nSPS) is 12.4. The molecule has 1 heterocycles. The zero-order chi connectivity index (χ0) is 30.5. The molecule has 1 atom stereocenters. The third kappa shape index (κ3) is 7.97. The van der Waals surface area contributed by atoms with Crippen LogP contribution in [-0.2, 0) is 27.8 Å². The van der Waals surface area contributed by atoms with E-state index in [-0.39, 0.29) is 30.2 Å². The molecule has 0 aliphatic rings. The number of nitrogens with one attached hydrogen (secondary N) is 1. The smallest absolute Gasteiger partial charge is 0.481 e. The van der Waals surface area contributed by atoms with Crippen LogP contribution in [0.4, 0.5) is 13.2 Å². The van der Waals surface area contributed by atoms with Crippen molar-refractivity contribution in [1.29, 1.82) is 0 Å². The molecule has 0 spiro atoms. The summed E-state index contributed by atoms with van der Waals surface area (Å²) in [6, 6.07) is 14.3. The van der Waals surface area contributed by atoms with E-state index in [0.717, 1.165) is 0 Å². The topological polar surface area (TPSA) is 107 Å². The Hall–Kier alpha value is -4.18. The van der Waals surface area contributed by atoms with E-state index in [4.69, 9.17) is 16.3 Å². The van der Waals surface area contributed by atoms with Crippen LogP contribution in [0.3, 0.4) is 0 Å². The molecule has 8 nitrogen and oxygen atoms in total. The van der Waals surface area contributed by atoms with E-state index in [1.165, 1.54) is 48.5 Å². The summed E-state index contributed by atoms with van der Waals surface area (Å²) < 4.78 is 76.9. The van der Waals surface area contributed by atoms with Gasteiger partial charge in [0.1, 0.15) is 24.1 Å². The van der Waals surface area contributed by atoms with Crippen LogP contribution < -0.4 is 14.2 Å². The summed E-state index contributed by atoms with van der Waals surface area (Å²) in [6.07, 6.45) is -3.36. The highest BCUT2D eigenvalue weighted by molar-refractivity contribution is 7.89. The number of rotatable bonds is 11. The van der Waals surface area contributed by atoms with E-state index in [9.17, 15) is 31.5 Å². The molecule has 220 valence electrons. The molecule has 13 heteroatoms. The summed E-state index contributed by atoms with van der Waals surface area (Å²) in [4.78, 5) is 12.0. The van der Waals surface area contributed by atoms with E-state index < -0.39 is 28.4 Å². The second kappa shape index (κ2) is 12.8. The van der Waals surface area contributed by atoms with Gasteiger partial charge in [-0.25, -0.2) is 8.42 Å². The molecule has 0 saturated carbocycles. The third-order valence-electron chi connectivity index (χ3n) is 6.08. The minimum atomic E-state index is -4.81. The fraction of sp³-hybridized carbons (Fsp3) is 0.207. The van der Waals surface area contributed by atoms with Crippen molar-refractivity contribution in [3.63, 3.8) is 0 Å². The first kappa shape index (κ1) is 30.8. The number of aromatic nitrogens is 1. The molecular formula is C29H24ClF3N2O6S. The minimum absolute atomic E-state index is 0.136. The molecule has 0 bridgehead atoms. The SMILES string of the molecule is CC#CCOc1ccc(S(=O)(=O)N[C@@H](Cc2cn(Cc3ccc(OC(F)(F)F)cc3)c3ccc(Cl)cc23)C(=O)O)cc1. The molecule has 42 heavy (non-hydrogen) atoms. The first-order valence-electron chi connectivity index (χ1n) is 12.3. The zero-order valence-electron chi connectivity index (χ0n) is 22.0. The third-order valence-corrected chi connectivity index (χ3v) is 7.80. The highest BCUT2D eigenvalue weighted by Gasteiger charge is 2.31. The van der Waals surface area contributed by atoms with E-state index in [1.807, 2.05) is 0 Å². The van der Waals surface area contributed by atoms with Crippen LogP contribution in [0.5, 0.6) is 11.5 Å². The molecule has 3 aromatic carbocycles. The van der Waals surface area contributed by atoms with Crippen LogP contribution >= 0.6 is 11.6 Å². The number of aliphatic carboxylic acids is 1. The van der Waals surface area contributed by atoms with Crippen LogP contribution in [-0.4, -0.2) is 43.1 Å². The number of ether oxygens (including phenoxy) is 2. The maximum atomic E-state index is 13.0. The van der Waals surface area contributed by atoms with Gasteiger partial charge in [0.05, 0.1) is 4.90 Å². The van der Waals surface area contributed by atoms with Gasteiger partial charge in [-0.3, -0.25) is 4.79 Å². The number of hydrogen-bond donors (Lipinski definition) is 2. The molecule has 1 aromatic heterocycles. The molecular weight excluding hydrogens is 597 g/mol. The average Bonchev–Trinajstić information content (AvgIpc) is 3.24. The van der Waals surface area contributed by atoms with Gasteiger partial charge in [-0.2, -0.15) is 4.72 Å². The predicted molar refractivity (Wildman–Crippen MR) is 150 cm³/mol. The van der Waals surface area contributed by atoms with Crippen LogP contribution in [0.25, 0.3) is 10.9 Å². The summed E-state index contributed by atoms with van der Waals surface area (Å²) in [7, 11) is -4.23. The van der Waals surface area contributed by atoms with Crippen LogP contribution in [0.2, 0.25) is 5.02 Å². The number of carboxylic acids is 1. The highest BCUT2D eigenvalue weighted by Crippen LogP contribution is 2.28. The number of nitrogens with zero attached hydrogens (tertiary/aromatic N) is 1. The number of halogens is 4. The highest BCUT2D eigenvalue weighted by atomic mass is 35.5. The lowest BCUT2D eigenvalue weighted by atomic mass is 10.1. The molecule has 0 radical (unpaired) electrons. The van der Waals surface area contributed by atoms with E-state index in [1.54, 1.807) is 35.9 Å². The summed E-state index contributed by atoms with van der Waals surface area (Å²) in [5.41, 5.74) is 1.81. The van der Waals surface area contributed by atoms with Crippen molar-refractivity contribution in [1.82, 2.24) is 9.29 Å². The van der Waals surface area contributed by atoms with Crippen molar-refractivity contribution in [2.24, 2.45) is 0 Å². The molecule has 4 rings (SSSR count). The Labute approximate surface area is 244 Å². The number of carboxylic acid groups (broad SMARTS) is 1. The number of sulfonamides is 1. The molecule has 0 aliphatic carbocycles. The van der Waals surface area contributed by atoms with Crippen LogP contribution in [0, 0.1) is 11.8 Å². The van der Waals surface area contributed by atoms with E-state index in [2.05, 4.69) is 21.3 Å². The minimum Gasteiger partial charge on any atom is -0.481 e.